The van der Waals surface area contributed by atoms with E-state index in [4.69, 9.17) is 0 Å². The molecular weight excluding hydrogens is 434 g/mol. The van der Waals surface area contributed by atoms with E-state index in [1.807, 2.05) is 0 Å². The van der Waals surface area contributed by atoms with Gasteiger partial charge in [0.1, 0.15) is 0 Å². The lowest BCUT2D eigenvalue weighted by Gasteiger charge is -2.11. The van der Waals surface area contributed by atoms with Gasteiger partial charge in [-0.3, -0.25) is 0 Å². The third kappa shape index (κ3) is 3.68. The third-order valence-corrected chi connectivity index (χ3v) is 4.91. The van der Waals surface area contributed by atoms with Crippen molar-refractivity contribution in [2.24, 2.45) is 0 Å². The molecule has 2 aliphatic heterocycles. The normalized spacial score (nSPS) is 13.7. The van der Waals surface area contributed by atoms with E-state index in [2.05, 4.69) is 19.9 Å². The second-order valence-electron chi connectivity index (χ2n) is 7.23. The molecule has 3 aromatic rings. The van der Waals surface area contributed by atoms with Gasteiger partial charge in [-0.25, -0.2) is 9.97 Å². The van der Waals surface area contributed by atoms with E-state index in [-0.39, 0.29) is 11.4 Å². The molecule has 10 heteroatoms. The molecule has 8 bridgehead atoms. The first kappa shape index (κ1) is 20.1. The molecule has 0 atom stereocenters. The van der Waals surface area contributed by atoms with Crippen LogP contribution in [0.4, 0.5) is 26.3 Å². The number of rotatable bonds is 0. The molecule has 5 rings (SSSR count). The number of aromatic amines is 2. The summed E-state index contributed by atoms with van der Waals surface area (Å²) in [6, 6.07) is 8.85. The Morgan fingerprint density at radius 2 is 0.906 bits per heavy atom. The van der Waals surface area contributed by atoms with Crippen molar-refractivity contribution < 1.29 is 26.3 Å². The molecule has 162 valence electrons. The second-order valence-corrected chi connectivity index (χ2v) is 7.23. The lowest BCUT2D eigenvalue weighted by molar-refractivity contribution is -0.159. The number of hydrogen-bond donors (Lipinski definition) is 2. The largest absolute Gasteiger partial charge is 0.419 e. The van der Waals surface area contributed by atoms with E-state index in [1.165, 1.54) is 12.2 Å². The zero-order chi connectivity index (χ0) is 22.7. The summed E-state index contributed by atoms with van der Waals surface area (Å²) in [4.78, 5) is 13.8. The van der Waals surface area contributed by atoms with Crippen LogP contribution < -0.4 is 0 Å². The Morgan fingerprint density at radius 3 is 1.28 bits per heavy atom. The Morgan fingerprint density at radius 1 is 0.531 bits per heavy atom. The highest BCUT2D eigenvalue weighted by atomic mass is 19.4. The van der Waals surface area contributed by atoms with Crippen molar-refractivity contribution in [1.82, 2.24) is 19.9 Å². The predicted octanol–water partition coefficient (Wildman–Crippen LogP) is 6.69. The average Bonchev–Trinajstić information content (AvgIpc) is 3.43. The van der Waals surface area contributed by atoms with Gasteiger partial charge in [0.25, 0.3) is 0 Å². The highest BCUT2D eigenvalue weighted by Gasteiger charge is 2.46. The number of fused-ring (bicyclic) bond motifs is 8. The first-order chi connectivity index (χ1) is 15.1. The summed E-state index contributed by atoms with van der Waals surface area (Å²) in [7, 11) is 0. The minimum absolute atomic E-state index is 0.0856. The van der Waals surface area contributed by atoms with Crippen molar-refractivity contribution in [3.63, 3.8) is 0 Å². The summed E-state index contributed by atoms with van der Waals surface area (Å²) in [6.45, 7) is 0. The minimum Gasteiger partial charge on any atom is -0.355 e. The summed E-state index contributed by atoms with van der Waals surface area (Å²) >= 11 is 0. The molecule has 32 heavy (non-hydrogen) atoms. The van der Waals surface area contributed by atoms with E-state index < -0.39 is 34.5 Å². The molecule has 0 saturated carbocycles. The highest BCUT2D eigenvalue weighted by Crippen LogP contribution is 2.45. The van der Waals surface area contributed by atoms with Gasteiger partial charge in [-0.05, 0) is 60.7 Å². The summed E-state index contributed by atoms with van der Waals surface area (Å²) in [6.07, 6.45) is -4.51. The molecule has 0 amide bonds. The van der Waals surface area contributed by atoms with E-state index >= 15 is 0 Å². The molecule has 0 aliphatic carbocycles. The number of alkyl halides is 6. The fourth-order valence-corrected chi connectivity index (χ4v) is 3.67. The quantitative estimate of drug-likeness (QED) is 0.260. The molecule has 0 fully saturated rings. The molecule has 2 N–H and O–H groups in total. The third-order valence-electron chi connectivity index (χ3n) is 4.91. The van der Waals surface area contributed by atoms with Crippen LogP contribution in [-0.4, -0.2) is 19.9 Å². The van der Waals surface area contributed by atoms with Crippen LogP contribution in [0.15, 0.2) is 36.4 Å². The van der Waals surface area contributed by atoms with Gasteiger partial charge in [0.05, 0.1) is 44.9 Å². The molecule has 0 spiro atoms. The van der Waals surface area contributed by atoms with Crippen molar-refractivity contribution >= 4 is 46.4 Å². The van der Waals surface area contributed by atoms with E-state index in [0.717, 1.165) is 12.1 Å². The molecule has 2 aliphatic rings. The average molecular weight is 446 g/mol. The molecule has 0 radical (unpaired) electrons. The van der Waals surface area contributed by atoms with Crippen LogP contribution in [0.3, 0.4) is 0 Å². The number of H-pyrrole nitrogens is 2. The number of nitrogens with zero attached hydrogens (tertiary/aromatic N) is 2. The van der Waals surface area contributed by atoms with Crippen molar-refractivity contribution in [3.8, 4) is 0 Å². The maximum absolute atomic E-state index is 13.8. The maximum Gasteiger partial charge on any atom is 0.419 e. The highest BCUT2D eigenvalue weighted by molar-refractivity contribution is 5.80. The lowest BCUT2D eigenvalue weighted by Crippen LogP contribution is -2.14. The van der Waals surface area contributed by atoms with Gasteiger partial charge in [0, 0.05) is 11.0 Å². The fraction of sp³-hybridized carbons (Fsp3) is 0.0909. The summed E-state index contributed by atoms with van der Waals surface area (Å²) in [5.74, 6) is 0. The van der Waals surface area contributed by atoms with Gasteiger partial charge in [0.15, 0.2) is 0 Å². The zero-order valence-electron chi connectivity index (χ0n) is 15.9. The van der Waals surface area contributed by atoms with E-state index in [9.17, 15) is 26.3 Å². The lowest BCUT2D eigenvalue weighted by atomic mass is 10.1. The topological polar surface area (TPSA) is 57.4 Å². The van der Waals surface area contributed by atoms with Crippen molar-refractivity contribution in [1.29, 1.82) is 0 Å². The monoisotopic (exact) mass is 446 g/mol. The standard InChI is InChI=1S/C22H12F6N4/c23-21(24,25)19-17-9-15-5-3-13(30-15)7-11-1-2-12(29-11)8-14-4-6-16(31-14)10-18(32-17)20(19)22(26,27)28/h1-10,29,32H. The SMILES string of the molecule is FC(F)(F)c1c(C(F)(F)F)c2cc3nc(cc4ccc(cc5nc(cc1[nH]2)C=C5)[nH]4)C=C3. The molecule has 3 aromatic heterocycles. The molecule has 0 unspecified atom stereocenters. The zero-order valence-corrected chi connectivity index (χ0v) is 15.9. The second kappa shape index (κ2) is 6.84. The van der Waals surface area contributed by atoms with Gasteiger partial charge in [-0.2, -0.15) is 26.3 Å². The van der Waals surface area contributed by atoms with Crippen LogP contribution in [0.2, 0.25) is 0 Å². The molecule has 5 heterocycles. The Balaban J connectivity index is 1.95. The number of aromatic nitrogens is 4. The Labute approximate surface area is 176 Å². The van der Waals surface area contributed by atoms with E-state index in [0.29, 0.717) is 22.4 Å². The van der Waals surface area contributed by atoms with Crippen LogP contribution in [-0.2, 0) is 12.4 Å². The summed E-state index contributed by atoms with van der Waals surface area (Å²) in [5, 5.41) is 0. The van der Waals surface area contributed by atoms with Gasteiger partial charge in [0.2, 0.25) is 0 Å². The van der Waals surface area contributed by atoms with Gasteiger partial charge in [-0.1, -0.05) is 0 Å². The van der Waals surface area contributed by atoms with Crippen LogP contribution >= 0.6 is 0 Å². The van der Waals surface area contributed by atoms with Gasteiger partial charge >= 0.3 is 12.4 Å². The Bertz CT molecular complexity index is 1350. The number of halogens is 6. The first-order valence-electron chi connectivity index (χ1n) is 9.32. The Kier molecular flexibility index (Phi) is 4.30. The molecule has 4 nitrogen and oxygen atoms in total. The van der Waals surface area contributed by atoms with Crippen molar-refractivity contribution in [2.75, 3.05) is 0 Å². The summed E-state index contributed by atoms with van der Waals surface area (Å²) < 4.78 is 82.6. The van der Waals surface area contributed by atoms with Gasteiger partial charge < -0.3 is 9.97 Å². The molecule has 0 saturated heterocycles. The van der Waals surface area contributed by atoms with Crippen molar-refractivity contribution in [2.45, 2.75) is 12.4 Å². The van der Waals surface area contributed by atoms with Crippen LogP contribution in [0.25, 0.3) is 46.4 Å². The van der Waals surface area contributed by atoms with Crippen LogP contribution in [0.1, 0.15) is 33.9 Å². The maximum atomic E-state index is 13.8. The predicted molar refractivity (Wildman–Crippen MR) is 109 cm³/mol. The molecular formula is C22H12F6N4. The van der Waals surface area contributed by atoms with Crippen LogP contribution in [0.5, 0.6) is 0 Å². The minimum atomic E-state index is -5.25. The number of nitrogens with one attached hydrogen (secondary N) is 2. The van der Waals surface area contributed by atoms with Gasteiger partial charge in [-0.15, -0.1) is 0 Å². The fourth-order valence-electron chi connectivity index (χ4n) is 3.67. The smallest absolute Gasteiger partial charge is 0.355 e. The van der Waals surface area contributed by atoms with Crippen molar-refractivity contribution in [3.05, 3.63) is 70.3 Å². The first-order valence-corrected chi connectivity index (χ1v) is 9.32. The van der Waals surface area contributed by atoms with E-state index in [1.54, 1.807) is 36.4 Å². The summed E-state index contributed by atoms with van der Waals surface area (Å²) in [5.41, 5.74) is -2.59. The Hall–Kier alpha value is -3.82. The van der Waals surface area contributed by atoms with Crippen LogP contribution in [0, 0.1) is 0 Å². The molecule has 0 aromatic carbocycles. The number of hydrogen-bond acceptors (Lipinski definition) is 2.